The summed E-state index contributed by atoms with van der Waals surface area (Å²) in [6.07, 6.45) is 3.06. The number of aryl methyl sites for hydroxylation is 2. The molecule has 2 rings (SSSR count). The second-order valence-corrected chi connectivity index (χ2v) is 4.81. The Kier molecular flexibility index (Phi) is 5.18. The van der Waals surface area contributed by atoms with Crippen LogP contribution in [0.2, 0.25) is 0 Å². The molecule has 0 aliphatic rings. The van der Waals surface area contributed by atoms with Crippen molar-refractivity contribution in [1.82, 2.24) is 15.1 Å². The van der Waals surface area contributed by atoms with Gasteiger partial charge in [0.2, 0.25) is 0 Å². The highest BCUT2D eigenvalue weighted by atomic mass is 16.5. The third kappa shape index (κ3) is 3.84. The number of hydrogen-bond acceptors (Lipinski definition) is 3. The van der Waals surface area contributed by atoms with Gasteiger partial charge in [0.15, 0.2) is 0 Å². The molecule has 4 heteroatoms. The van der Waals surface area contributed by atoms with Crippen molar-refractivity contribution in [2.24, 2.45) is 7.05 Å². The summed E-state index contributed by atoms with van der Waals surface area (Å²) in [5.74, 6) is 0.933. The molecule has 1 heterocycles. The molecule has 1 aromatic carbocycles. The largest absolute Gasteiger partial charge is 0.494 e. The van der Waals surface area contributed by atoms with Crippen molar-refractivity contribution in [3.8, 4) is 5.75 Å². The number of rotatable bonds is 7. The van der Waals surface area contributed by atoms with Gasteiger partial charge < -0.3 is 10.1 Å². The van der Waals surface area contributed by atoms with Gasteiger partial charge in [-0.25, -0.2) is 0 Å². The predicted molar refractivity (Wildman–Crippen MR) is 80.7 cm³/mol. The Morgan fingerprint density at radius 3 is 2.85 bits per heavy atom. The fraction of sp³-hybridized carbons (Fsp3) is 0.438. The SMILES string of the molecule is CCOc1cccc(CNCc2cn(C)nc2CC)c1. The highest BCUT2D eigenvalue weighted by molar-refractivity contribution is 5.28. The molecule has 0 saturated carbocycles. The fourth-order valence-electron chi connectivity index (χ4n) is 2.28. The smallest absolute Gasteiger partial charge is 0.119 e. The number of nitrogens with zero attached hydrogens (tertiary/aromatic N) is 2. The summed E-state index contributed by atoms with van der Waals surface area (Å²) in [6.45, 7) is 6.51. The second kappa shape index (κ2) is 7.10. The summed E-state index contributed by atoms with van der Waals surface area (Å²) in [7, 11) is 1.97. The van der Waals surface area contributed by atoms with Crippen LogP contribution in [0.25, 0.3) is 0 Å². The summed E-state index contributed by atoms with van der Waals surface area (Å²) in [5.41, 5.74) is 3.68. The van der Waals surface area contributed by atoms with Crippen molar-refractivity contribution >= 4 is 0 Å². The van der Waals surface area contributed by atoms with Crippen LogP contribution in [0.1, 0.15) is 30.7 Å². The lowest BCUT2D eigenvalue weighted by atomic mass is 10.2. The monoisotopic (exact) mass is 273 g/mol. The molecular weight excluding hydrogens is 250 g/mol. The van der Waals surface area contributed by atoms with E-state index in [1.807, 2.05) is 30.8 Å². The first-order valence-corrected chi connectivity index (χ1v) is 7.16. The third-order valence-corrected chi connectivity index (χ3v) is 3.18. The topological polar surface area (TPSA) is 39.1 Å². The van der Waals surface area contributed by atoms with E-state index in [-0.39, 0.29) is 0 Å². The Labute approximate surface area is 120 Å². The molecule has 1 aromatic heterocycles. The van der Waals surface area contributed by atoms with E-state index in [0.717, 1.165) is 25.3 Å². The minimum absolute atomic E-state index is 0.701. The van der Waals surface area contributed by atoms with Gasteiger partial charge in [0.1, 0.15) is 5.75 Å². The van der Waals surface area contributed by atoms with Crippen LogP contribution in [-0.2, 0) is 26.6 Å². The van der Waals surface area contributed by atoms with Crippen molar-refractivity contribution in [3.05, 3.63) is 47.3 Å². The van der Waals surface area contributed by atoms with E-state index in [1.165, 1.54) is 16.8 Å². The zero-order valence-corrected chi connectivity index (χ0v) is 12.5. The standard InChI is InChI=1S/C16H23N3O/c1-4-16-14(12-19(3)18-16)11-17-10-13-7-6-8-15(9-13)20-5-2/h6-9,12,17H,4-5,10-11H2,1-3H3. The molecule has 4 nitrogen and oxygen atoms in total. The molecule has 0 aliphatic carbocycles. The molecule has 0 radical (unpaired) electrons. The van der Waals surface area contributed by atoms with Gasteiger partial charge >= 0.3 is 0 Å². The molecule has 0 saturated heterocycles. The zero-order chi connectivity index (χ0) is 14.4. The molecule has 2 aromatic rings. The number of hydrogen-bond donors (Lipinski definition) is 1. The summed E-state index contributed by atoms with van der Waals surface area (Å²) in [6, 6.07) is 8.22. The van der Waals surface area contributed by atoms with Gasteiger partial charge in [0, 0.05) is 31.9 Å². The Bertz CT molecular complexity index is 548. The summed E-state index contributed by atoms with van der Waals surface area (Å²) >= 11 is 0. The first-order valence-electron chi connectivity index (χ1n) is 7.16. The number of aromatic nitrogens is 2. The van der Waals surface area contributed by atoms with E-state index in [9.17, 15) is 0 Å². The molecule has 0 spiro atoms. The van der Waals surface area contributed by atoms with E-state index in [2.05, 4.69) is 35.7 Å². The lowest BCUT2D eigenvalue weighted by Gasteiger charge is -2.07. The van der Waals surface area contributed by atoms with E-state index in [4.69, 9.17) is 4.74 Å². The van der Waals surface area contributed by atoms with Gasteiger partial charge in [-0.15, -0.1) is 0 Å². The first-order chi connectivity index (χ1) is 9.72. The lowest BCUT2D eigenvalue weighted by molar-refractivity contribution is 0.340. The molecule has 0 aliphatic heterocycles. The molecule has 0 fully saturated rings. The van der Waals surface area contributed by atoms with Crippen LogP contribution in [0.4, 0.5) is 0 Å². The molecule has 0 bridgehead atoms. The Morgan fingerprint density at radius 1 is 1.25 bits per heavy atom. The van der Waals surface area contributed by atoms with Gasteiger partial charge in [-0.05, 0) is 31.0 Å². The molecule has 0 atom stereocenters. The summed E-state index contributed by atoms with van der Waals surface area (Å²) in [5, 5.41) is 7.92. The minimum atomic E-state index is 0.701. The molecule has 108 valence electrons. The quantitative estimate of drug-likeness (QED) is 0.843. The molecule has 0 amide bonds. The minimum Gasteiger partial charge on any atom is -0.494 e. The van der Waals surface area contributed by atoms with Crippen molar-refractivity contribution in [2.45, 2.75) is 33.4 Å². The number of nitrogens with one attached hydrogen (secondary N) is 1. The van der Waals surface area contributed by atoms with E-state index in [0.29, 0.717) is 6.61 Å². The molecule has 0 unspecified atom stereocenters. The van der Waals surface area contributed by atoms with Crippen LogP contribution in [-0.4, -0.2) is 16.4 Å². The maximum absolute atomic E-state index is 5.51. The van der Waals surface area contributed by atoms with Gasteiger partial charge in [-0.3, -0.25) is 4.68 Å². The normalized spacial score (nSPS) is 10.8. The number of benzene rings is 1. The van der Waals surface area contributed by atoms with Gasteiger partial charge in [-0.2, -0.15) is 5.10 Å². The van der Waals surface area contributed by atoms with Crippen molar-refractivity contribution in [1.29, 1.82) is 0 Å². The van der Waals surface area contributed by atoms with Crippen LogP contribution in [0.15, 0.2) is 30.5 Å². The third-order valence-electron chi connectivity index (χ3n) is 3.18. The van der Waals surface area contributed by atoms with E-state index in [1.54, 1.807) is 0 Å². The van der Waals surface area contributed by atoms with Crippen molar-refractivity contribution < 1.29 is 4.74 Å². The van der Waals surface area contributed by atoms with Crippen molar-refractivity contribution in [2.75, 3.05) is 6.61 Å². The highest BCUT2D eigenvalue weighted by Gasteiger charge is 2.05. The Morgan fingerprint density at radius 2 is 2.10 bits per heavy atom. The Hall–Kier alpha value is -1.81. The maximum Gasteiger partial charge on any atom is 0.119 e. The average molecular weight is 273 g/mol. The molecule has 1 N–H and O–H groups in total. The lowest BCUT2D eigenvalue weighted by Crippen LogP contribution is -2.13. The van der Waals surface area contributed by atoms with Crippen molar-refractivity contribution in [3.63, 3.8) is 0 Å². The van der Waals surface area contributed by atoms with Crippen LogP contribution >= 0.6 is 0 Å². The van der Waals surface area contributed by atoms with Crippen LogP contribution in [0, 0.1) is 0 Å². The molecular formula is C16H23N3O. The van der Waals surface area contributed by atoms with E-state index >= 15 is 0 Å². The number of ether oxygens (including phenoxy) is 1. The van der Waals surface area contributed by atoms with Crippen LogP contribution in [0.3, 0.4) is 0 Å². The van der Waals surface area contributed by atoms with Gasteiger partial charge in [0.25, 0.3) is 0 Å². The summed E-state index contributed by atoms with van der Waals surface area (Å²) in [4.78, 5) is 0. The van der Waals surface area contributed by atoms with E-state index < -0.39 is 0 Å². The van der Waals surface area contributed by atoms with Crippen LogP contribution in [0.5, 0.6) is 5.75 Å². The van der Waals surface area contributed by atoms with Gasteiger partial charge in [0.05, 0.1) is 12.3 Å². The molecule has 20 heavy (non-hydrogen) atoms. The predicted octanol–water partition coefficient (Wildman–Crippen LogP) is 2.67. The maximum atomic E-state index is 5.51. The zero-order valence-electron chi connectivity index (χ0n) is 12.5. The average Bonchev–Trinajstić information content (AvgIpc) is 2.80. The van der Waals surface area contributed by atoms with Crippen LogP contribution < -0.4 is 10.1 Å². The first kappa shape index (κ1) is 14.6. The summed E-state index contributed by atoms with van der Waals surface area (Å²) < 4.78 is 7.39. The highest BCUT2D eigenvalue weighted by Crippen LogP contribution is 2.13. The second-order valence-electron chi connectivity index (χ2n) is 4.81. The Balaban J connectivity index is 1.90. The van der Waals surface area contributed by atoms with Gasteiger partial charge in [-0.1, -0.05) is 19.1 Å². The fourth-order valence-corrected chi connectivity index (χ4v) is 2.28.